The lowest BCUT2D eigenvalue weighted by Gasteiger charge is -1.96. The van der Waals surface area contributed by atoms with Crippen LogP contribution < -0.4 is 5.32 Å². The Balaban J connectivity index is 2.60. The molecule has 0 spiro atoms. The van der Waals surface area contributed by atoms with E-state index in [9.17, 15) is 0 Å². The fourth-order valence-corrected chi connectivity index (χ4v) is 0.518. The van der Waals surface area contributed by atoms with Gasteiger partial charge in [-0.05, 0) is 12.8 Å². The predicted octanol–water partition coefficient (Wildman–Crippen LogP) is -0.644. The summed E-state index contributed by atoms with van der Waals surface area (Å²) < 4.78 is 0. The summed E-state index contributed by atoms with van der Waals surface area (Å²) in [5.41, 5.74) is 0. The lowest BCUT2D eigenvalue weighted by molar-refractivity contribution is 0.276. The van der Waals surface area contributed by atoms with Crippen LogP contribution >= 0.6 is 0 Å². The summed E-state index contributed by atoms with van der Waals surface area (Å²) in [5.74, 6) is 0. The number of aliphatic hydroxyl groups is 2. The Hall–Kier alpha value is -0.120. The van der Waals surface area contributed by atoms with Gasteiger partial charge in [0.15, 0.2) is 0 Å². The number of rotatable bonds is 6. The maximum Gasteiger partial charge on any atom is 0.0572 e. The van der Waals surface area contributed by atoms with Crippen molar-refractivity contribution in [1.82, 2.24) is 5.32 Å². The average molecular weight is 132 g/mol. The fraction of sp³-hybridized carbons (Fsp3) is 1.00. The Morgan fingerprint density at radius 3 is 2.22 bits per heavy atom. The Morgan fingerprint density at radius 2 is 1.67 bits per heavy atom. The van der Waals surface area contributed by atoms with Gasteiger partial charge in [0.25, 0.3) is 0 Å². The first-order chi connectivity index (χ1) is 4.41. The quantitative estimate of drug-likeness (QED) is 0.472. The van der Waals surface area contributed by atoms with E-state index in [1.807, 2.05) is 0 Å². The largest absolute Gasteiger partial charge is 0.396 e. The third-order valence-corrected chi connectivity index (χ3v) is 0.982. The third kappa shape index (κ3) is 7.88. The van der Waals surface area contributed by atoms with E-state index in [2.05, 4.69) is 5.32 Å². The molecular weight excluding hydrogens is 118 g/mol. The number of hydrogen-bond acceptors (Lipinski definition) is 2. The molecule has 0 aliphatic rings. The molecule has 0 saturated heterocycles. The first-order valence-corrected chi connectivity index (χ1v) is 3.26. The molecular formula is C6H14NO2. The van der Waals surface area contributed by atoms with E-state index < -0.39 is 0 Å². The van der Waals surface area contributed by atoms with Crippen molar-refractivity contribution in [3.05, 3.63) is 0 Å². The molecule has 2 N–H and O–H groups in total. The van der Waals surface area contributed by atoms with Gasteiger partial charge in [0, 0.05) is 19.7 Å². The van der Waals surface area contributed by atoms with Crippen molar-refractivity contribution in [1.29, 1.82) is 0 Å². The molecule has 55 valence electrons. The van der Waals surface area contributed by atoms with E-state index in [4.69, 9.17) is 10.2 Å². The van der Waals surface area contributed by atoms with Gasteiger partial charge < -0.3 is 10.2 Å². The topological polar surface area (TPSA) is 54.6 Å². The van der Waals surface area contributed by atoms with E-state index in [1.165, 1.54) is 0 Å². The molecule has 0 atom stereocenters. The van der Waals surface area contributed by atoms with Crippen LogP contribution in [0.2, 0.25) is 0 Å². The maximum absolute atomic E-state index is 8.33. The monoisotopic (exact) mass is 132 g/mol. The van der Waals surface area contributed by atoms with Crippen LogP contribution in [0.5, 0.6) is 0 Å². The van der Waals surface area contributed by atoms with Crippen molar-refractivity contribution in [3.8, 4) is 0 Å². The summed E-state index contributed by atoms with van der Waals surface area (Å²) >= 11 is 0. The summed E-state index contributed by atoms with van der Waals surface area (Å²) in [6.45, 7) is 1.68. The van der Waals surface area contributed by atoms with Gasteiger partial charge in [0.05, 0.1) is 6.61 Å². The van der Waals surface area contributed by atoms with Crippen molar-refractivity contribution < 1.29 is 10.2 Å². The standard InChI is InChI=1S/C6H14NO2/c8-5-2-1-3-7-4-6-9/h8-9H,1-6H2. The van der Waals surface area contributed by atoms with Crippen molar-refractivity contribution in [2.75, 3.05) is 26.3 Å². The van der Waals surface area contributed by atoms with Crippen LogP contribution in [-0.4, -0.2) is 36.5 Å². The molecule has 0 fully saturated rings. The van der Waals surface area contributed by atoms with Crippen molar-refractivity contribution >= 4 is 0 Å². The molecule has 1 radical (unpaired) electrons. The molecule has 0 aliphatic heterocycles. The lowest BCUT2D eigenvalue weighted by Crippen LogP contribution is -2.11. The van der Waals surface area contributed by atoms with Gasteiger partial charge in [-0.25, -0.2) is 5.32 Å². The molecule has 0 heterocycles. The Kier molecular flexibility index (Phi) is 7.77. The summed E-state index contributed by atoms with van der Waals surface area (Å²) in [6.07, 6.45) is 1.74. The maximum atomic E-state index is 8.33. The van der Waals surface area contributed by atoms with Gasteiger partial charge >= 0.3 is 0 Å². The van der Waals surface area contributed by atoms with Gasteiger partial charge in [-0.3, -0.25) is 0 Å². The molecule has 9 heavy (non-hydrogen) atoms. The third-order valence-electron chi connectivity index (χ3n) is 0.982. The van der Waals surface area contributed by atoms with Crippen LogP contribution in [0.15, 0.2) is 0 Å². The van der Waals surface area contributed by atoms with Gasteiger partial charge in [0.2, 0.25) is 0 Å². The second-order valence-electron chi connectivity index (χ2n) is 1.83. The number of unbranched alkanes of at least 4 members (excludes halogenated alkanes) is 1. The van der Waals surface area contributed by atoms with E-state index in [-0.39, 0.29) is 13.2 Å². The van der Waals surface area contributed by atoms with Gasteiger partial charge in [0.1, 0.15) is 0 Å². The summed E-state index contributed by atoms with van der Waals surface area (Å²) in [6, 6.07) is 0. The molecule has 0 aromatic heterocycles. The Bertz CT molecular complexity index is 44.3. The van der Waals surface area contributed by atoms with Crippen LogP contribution in [0, 0.1) is 0 Å². The van der Waals surface area contributed by atoms with Crippen molar-refractivity contribution in [2.45, 2.75) is 12.8 Å². The zero-order valence-corrected chi connectivity index (χ0v) is 5.58. The highest BCUT2D eigenvalue weighted by Crippen LogP contribution is 1.83. The minimum absolute atomic E-state index is 0.138. The molecule has 0 saturated carbocycles. The number of nitrogens with zero attached hydrogens (tertiary/aromatic N) is 1. The zero-order chi connectivity index (χ0) is 6.95. The Labute approximate surface area is 55.7 Å². The Morgan fingerprint density at radius 1 is 0.889 bits per heavy atom. The molecule has 0 unspecified atom stereocenters. The minimum Gasteiger partial charge on any atom is -0.396 e. The van der Waals surface area contributed by atoms with E-state index in [0.29, 0.717) is 6.54 Å². The van der Waals surface area contributed by atoms with Crippen molar-refractivity contribution in [3.63, 3.8) is 0 Å². The van der Waals surface area contributed by atoms with Crippen LogP contribution in [0.25, 0.3) is 0 Å². The summed E-state index contributed by atoms with van der Waals surface area (Å²) in [5, 5.41) is 20.6. The first kappa shape index (κ1) is 8.88. The highest BCUT2D eigenvalue weighted by atomic mass is 16.3. The molecule has 0 aromatic carbocycles. The SMILES string of the molecule is OCCCC[N]CCO. The number of aliphatic hydroxyl groups excluding tert-OH is 2. The zero-order valence-electron chi connectivity index (χ0n) is 5.58. The van der Waals surface area contributed by atoms with E-state index in [0.717, 1.165) is 19.4 Å². The summed E-state index contributed by atoms with van der Waals surface area (Å²) in [7, 11) is 0. The smallest absolute Gasteiger partial charge is 0.0572 e. The molecule has 0 rings (SSSR count). The van der Waals surface area contributed by atoms with Crippen LogP contribution in [-0.2, 0) is 0 Å². The molecule has 0 aromatic rings. The molecule has 0 bridgehead atoms. The fourth-order valence-electron chi connectivity index (χ4n) is 0.518. The van der Waals surface area contributed by atoms with Crippen LogP contribution in [0.3, 0.4) is 0 Å². The lowest BCUT2D eigenvalue weighted by atomic mass is 10.3. The van der Waals surface area contributed by atoms with E-state index >= 15 is 0 Å². The molecule has 0 amide bonds. The van der Waals surface area contributed by atoms with Crippen LogP contribution in [0.1, 0.15) is 12.8 Å². The van der Waals surface area contributed by atoms with E-state index in [1.54, 1.807) is 0 Å². The second-order valence-corrected chi connectivity index (χ2v) is 1.83. The number of hydrogen-bond donors (Lipinski definition) is 2. The van der Waals surface area contributed by atoms with Crippen LogP contribution in [0.4, 0.5) is 0 Å². The second kappa shape index (κ2) is 7.88. The van der Waals surface area contributed by atoms with Gasteiger partial charge in [-0.2, -0.15) is 0 Å². The highest BCUT2D eigenvalue weighted by Gasteiger charge is 1.86. The normalized spacial score (nSPS) is 10.0. The minimum atomic E-state index is 0.138. The highest BCUT2D eigenvalue weighted by molar-refractivity contribution is 4.44. The molecule has 0 aliphatic carbocycles. The van der Waals surface area contributed by atoms with Gasteiger partial charge in [-0.1, -0.05) is 0 Å². The molecule has 3 heteroatoms. The molecule has 3 nitrogen and oxygen atoms in total. The predicted molar refractivity (Wildman–Crippen MR) is 35.3 cm³/mol. The van der Waals surface area contributed by atoms with Crippen molar-refractivity contribution in [2.24, 2.45) is 0 Å². The summed E-state index contributed by atoms with van der Waals surface area (Å²) in [4.78, 5) is 0. The van der Waals surface area contributed by atoms with Gasteiger partial charge in [-0.15, -0.1) is 0 Å². The first-order valence-electron chi connectivity index (χ1n) is 3.26. The average Bonchev–Trinajstić information content (AvgIpc) is 1.89.